The summed E-state index contributed by atoms with van der Waals surface area (Å²) in [6.45, 7) is 1.82. The number of hydrogen-bond donors (Lipinski definition) is 1. The second kappa shape index (κ2) is 9.41. The number of esters is 1. The molecule has 0 spiro atoms. The summed E-state index contributed by atoms with van der Waals surface area (Å²) >= 11 is 1.36. The quantitative estimate of drug-likeness (QED) is 0.605. The van der Waals surface area contributed by atoms with Gasteiger partial charge in [0, 0.05) is 30.7 Å². The molecule has 2 aromatic rings. The minimum Gasteiger partial charge on any atom is -0.452 e. The lowest BCUT2D eigenvalue weighted by atomic mass is 10.1. The third kappa shape index (κ3) is 5.23. The first-order chi connectivity index (χ1) is 13.2. The summed E-state index contributed by atoms with van der Waals surface area (Å²) < 4.78 is 5.11. The number of benzene rings is 1. The van der Waals surface area contributed by atoms with Crippen molar-refractivity contribution in [3.8, 4) is 0 Å². The maximum Gasteiger partial charge on any atom is 0.341 e. The number of aromatic nitrogens is 1. The van der Waals surface area contributed by atoms with Crippen molar-refractivity contribution in [2.45, 2.75) is 24.3 Å². The predicted molar refractivity (Wildman–Crippen MR) is 107 cm³/mol. The number of nitrogens with zero attached hydrogens (tertiary/aromatic N) is 2. The van der Waals surface area contributed by atoms with Crippen LogP contribution < -0.4 is 10.2 Å². The molecule has 1 saturated heterocycles. The SMILES string of the molecule is CSc1ncccc1C(=O)OCC(=O)Nc1ccc(N2CCCCC2)cc1. The van der Waals surface area contributed by atoms with Crippen molar-refractivity contribution in [3.05, 3.63) is 48.2 Å². The third-order valence-electron chi connectivity index (χ3n) is 4.39. The van der Waals surface area contributed by atoms with Gasteiger partial charge in [-0.25, -0.2) is 9.78 Å². The minimum atomic E-state index is -0.553. The summed E-state index contributed by atoms with van der Waals surface area (Å²) in [6.07, 6.45) is 7.18. The van der Waals surface area contributed by atoms with E-state index in [1.54, 1.807) is 18.3 Å². The Morgan fingerprint density at radius 1 is 1.15 bits per heavy atom. The number of carbonyl (C=O) groups excluding carboxylic acids is 2. The Balaban J connectivity index is 1.51. The molecule has 0 atom stereocenters. The molecule has 0 saturated carbocycles. The van der Waals surface area contributed by atoms with Gasteiger partial charge in [0.25, 0.3) is 5.91 Å². The second-order valence-electron chi connectivity index (χ2n) is 6.28. The molecule has 1 fully saturated rings. The molecule has 7 heteroatoms. The maximum absolute atomic E-state index is 12.1. The van der Waals surface area contributed by atoms with Gasteiger partial charge in [-0.2, -0.15) is 0 Å². The molecule has 0 radical (unpaired) electrons. The van der Waals surface area contributed by atoms with E-state index in [9.17, 15) is 9.59 Å². The van der Waals surface area contributed by atoms with Crippen LogP contribution in [-0.2, 0) is 9.53 Å². The van der Waals surface area contributed by atoms with E-state index >= 15 is 0 Å². The first-order valence-electron chi connectivity index (χ1n) is 8.98. The van der Waals surface area contributed by atoms with Crippen LogP contribution in [0.2, 0.25) is 0 Å². The van der Waals surface area contributed by atoms with Gasteiger partial charge < -0.3 is 15.0 Å². The van der Waals surface area contributed by atoms with Gasteiger partial charge in [-0.1, -0.05) is 0 Å². The molecule has 0 unspecified atom stereocenters. The molecular formula is C20H23N3O3S. The molecule has 1 aliphatic rings. The molecule has 1 aromatic carbocycles. The first kappa shape index (κ1) is 19.2. The van der Waals surface area contributed by atoms with Crippen molar-refractivity contribution in [2.24, 2.45) is 0 Å². The van der Waals surface area contributed by atoms with Gasteiger partial charge in [-0.15, -0.1) is 11.8 Å². The largest absolute Gasteiger partial charge is 0.452 e. The highest BCUT2D eigenvalue weighted by Crippen LogP contribution is 2.22. The fourth-order valence-electron chi connectivity index (χ4n) is 3.02. The Bertz CT molecular complexity index is 789. The van der Waals surface area contributed by atoms with Crippen molar-refractivity contribution in [1.29, 1.82) is 0 Å². The zero-order valence-electron chi connectivity index (χ0n) is 15.3. The van der Waals surface area contributed by atoms with Crippen LogP contribution in [0.15, 0.2) is 47.6 Å². The number of carbonyl (C=O) groups is 2. The van der Waals surface area contributed by atoms with Gasteiger partial charge in [0.15, 0.2) is 6.61 Å². The number of pyridine rings is 1. The summed E-state index contributed by atoms with van der Waals surface area (Å²) in [7, 11) is 0. The predicted octanol–water partition coefficient (Wildman–Crippen LogP) is 3.59. The molecule has 1 aliphatic heterocycles. The summed E-state index contributed by atoms with van der Waals surface area (Å²) in [5.74, 6) is -0.924. The van der Waals surface area contributed by atoms with Gasteiger partial charge in [0.05, 0.1) is 5.56 Å². The van der Waals surface area contributed by atoms with Gasteiger partial charge in [0.1, 0.15) is 5.03 Å². The smallest absolute Gasteiger partial charge is 0.341 e. The van der Waals surface area contributed by atoms with Crippen LogP contribution in [-0.4, -0.2) is 42.8 Å². The molecule has 142 valence electrons. The van der Waals surface area contributed by atoms with Crippen LogP contribution in [0.5, 0.6) is 0 Å². The number of ether oxygens (including phenoxy) is 1. The van der Waals surface area contributed by atoms with Crippen molar-refractivity contribution in [1.82, 2.24) is 4.98 Å². The number of nitrogens with one attached hydrogen (secondary N) is 1. The number of anilines is 2. The number of piperidine rings is 1. The van der Waals surface area contributed by atoms with Crippen molar-refractivity contribution < 1.29 is 14.3 Å². The summed E-state index contributed by atoms with van der Waals surface area (Å²) in [5.41, 5.74) is 2.21. The molecule has 3 rings (SSSR count). The Labute approximate surface area is 163 Å². The molecule has 6 nitrogen and oxygen atoms in total. The monoisotopic (exact) mass is 385 g/mol. The average molecular weight is 385 g/mol. The summed E-state index contributed by atoms with van der Waals surface area (Å²) in [5, 5.41) is 3.33. The highest BCUT2D eigenvalue weighted by atomic mass is 32.2. The van der Waals surface area contributed by atoms with Crippen molar-refractivity contribution >= 4 is 35.0 Å². The van der Waals surface area contributed by atoms with Crippen LogP contribution in [0.1, 0.15) is 29.6 Å². The van der Waals surface area contributed by atoms with E-state index in [0.717, 1.165) is 13.1 Å². The van der Waals surface area contributed by atoms with E-state index in [1.807, 2.05) is 30.5 Å². The molecule has 1 N–H and O–H groups in total. The van der Waals surface area contributed by atoms with Crippen LogP contribution in [0.4, 0.5) is 11.4 Å². The van der Waals surface area contributed by atoms with Gasteiger partial charge in [-0.05, 0) is 61.9 Å². The van der Waals surface area contributed by atoms with Gasteiger partial charge in [0.2, 0.25) is 0 Å². The Morgan fingerprint density at radius 3 is 2.59 bits per heavy atom. The molecule has 1 aromatic heterocycles. The number of thioether (sulfide) groups is 1. The zero-order chi connectivity index (χ0) is 19.1. The van der Waals surface area contributed by atoms with E-state index in [1.165, 1.54) is 36.7 Å². The fraction of sp³-hybridized carbons (Fsp3) is 0.350. The molecule has 1 amide bonds. The Hall–Kier alpha value is -2.54. The highest BCUT2D eigenvalue weighted by molar-refractivity contribution is 7.98. The van der Waals surface area contributed by atoms with Crippen molar-refractivity contribution in [2.75, 3.05) is 36.2 Å². The molecule has 2 heterocycles. The molecule has 27 heavy (non-hydrogen) atoms. The first-order valence-corrected chi connectivity index (χ1v) is 10.2. The Morgan fingerprint density at radius 2 is 1.89 bits per heavy atom. The van der Waals surface area contributed by atoms with Crippen LogP contribution in [0.3, 0.4) is 0 Å². The van der Waals surface area contributed by atoms with Gasteiger partial charge >= 0.3 is 5.97 Å². The lowest BCUT2D eigenvalue weighted by Gasteiger charge is -2.28. The zero-order valence-corrected chi connectivity index (χ0v) is 16.1. The van der Waals surface area contributed by atoms with E-state index in [-0.39, 0.29) is 12.5 Å². The lowest BCUT2D eigenvalue weighted by molar-refractivity contribution is -0.119. The van der Waals surface area contributed by atoms with Gasteiger partial charge in [-0.3, -0.25) is 4.79 Å². The van der Waals surface area contributed by atoms with E-state index in [0.29, 0.717) is 16.3 Å². The average Bonchev–Trinajstić information content (AvgIpc) is 2.73. The summed E-state index contributed by atoms with van der Waals surface area (Å²) in [6, 6.07) is 11.1. The lowest BCUT2D eigenvalue weighted by Crippen LogP contribution is -2.29. The Kier molecular flexibility index (Phi) is 6.70. The van der Waals surface area contributed by atoms with Crippen LogP contribution >= 0.6 is 11.8 Å². The standard InChI is InChI=1S/C20H23N3O3S/c1-27-19-17(6-5-11-21-19)20(25)26-14-18(24)22-15-7-9-16(10-8-15)23-12-3-2-4-13-23/h5-11H,2-4,12-14H2,1H3,(H,22,24). The fourth-order valence-corrected chi connectivity index (χ4v) is 3.56. The van der Waals surface area contributed by atoms with E-state index < -0.39 is 5.97 Å². The molecule has 0 bridgehead atoms. The summed E-state index contributed by atoms with van der Waals surface area (Å²) in [4.78, 5) is 30.7. The minimum absolute atomic E-state index is 0.338. The maximum atomic E-state index is 12.1. The number of rotatable bonds is 6. The van der Waals surface area contributed by atoms with E-state index in [2.05, 4.69) is 15.2 Å². The van der Waals surface area contributed by atoms with Crippen LogP contribution in [0, 0.1) is 0 Å². The number of amides is 1. The van der Waals surface area contributed by atoms with E-state index in [4.69, 9.17) is 4.74 Å². The molecular weight excluding hydrogens is 362 g/mol. The van der Waals surface area contributed by atoms with Crippen molar-refractivity contribution in [3.63, 3.8) is 0 Å². The normalized spacial score (nSPS) is 13.9. The van der Waals surface area contributed by atoms with Crippen LogP contribution in [0.25, 0.3) is 0 Å². The highest BCUT2D eigenvalue weighted by Gasteiger charge is 2.15. The molecule has 0 aliphatic carbocycles. The third-order valence-corrected chi connectivity index (χ3v) is 5.10. The number of hydrogen-bond acceptors (Lipinski definition) is 6. The topological polar surface area (TPSA) is 71.5 Å². The second-order valence-corrected chi connectivity index (χ2v) is 7.07.